The predicted molar refractivity (Wildman–Crippen MR) is 110 cm³/mol. The lowest BCUT2D eigenvalue weighted by atomic mass is 9.87. The molecule has 0 saturated heterocycles. The molecule has 1 aliphatic rings. The first kappa shape index (κ1) is 18.0. The highest BCUT2D eigenvalue weighted by atomic mass is 16.4. The molecular weight excluding hydrogens is 348 g/mol. The number of carbonyl (C=O) groups is 1. The van der Waals surface area contributed by atoms with Crippen LogP contribution in [-0.2, 0) is 11.3 Å². The van der Waals surface area contributed by atoms with Gasteiger partial charge >= 0.3 is 5.97 Å². The molecule has 0 saturated carbocycles. The normalized spacial score (nSPS) is 21.4. The Morgan fingerprint density at radius 1 is 0.929 bits per heavy atom. The fourth-order valence-electron chi connectivity index (χ4n) is 3.84. The van der Waals surface area contributed by atoms with E-state index in [9.17, 15) is 9.90 Å². The molecule has 4 rings (SSSR count). The molecule has 28 heavy (non-hydrogen) atoms. The van der Waals surface area contributed by atoms with Crippen LogP contribution in [0.4, 0.5) is 0 Å². The molecule has 0 radical (unpaired) electrons. The Kier molecular flexibility index (Phi) is 4.70. The maximum atomic E-state index is 12.3. The van der Waals surface area contributed by atoms with E-state index in [4.69, 9.17) is 4.99 Å². The highest BCUT2D eigenvalue weighted by Gasteiger charge is 2.51. The lowest BCUT2D eigenvalue weighted by molar-refractivity contribution is -0.144. The number of carboxylic acids is 1. The van der Waals surface area contributed by atoms with Crippen molar-refractivity contribution in [3.05, 3.63) is 108 Å². The van der Waals surface area contributed by atoms with E-state index in [0.29, 0.717) is 12.4 Å². The van der Waals surface area contributed by atoms with Gasteiger partial charge in [0.15, 0.2) is 5.54 Å². The Balaban J connectivity index is 1.87. The van der Waals surface area contributed by atoms with Crippen LogP contribution in [0.5, 0.6) is 0 Å². The number of hydrogen-bond acceptors (Lipinski definition) is 3. The summed E-state index contributed by atoms with van der Waals surface area (Å²) in [5.74, 6) is -0.214. The van der Waals surface area contributed by atoms with Crippen molar-refractivity contribution in [2.75, 3.05) is 0 Å². The van der Waals surface area contributed by atoms with Crippen molar-refractivity contribution < 1.29 is 9.90 Å². The highest BCUT2D eigenvalue weighted by Crippen LogP contribution is 2.42. The van der Waals surface area contributed by atoms with Gasteiger partial charge in [-0.3, -0.25) is 0 Å². The van der Waals surface area contributed by atoms with Crippen LogP contribution in [0, 0.1) is 0 Å². The standard InChI is InChI=1S/C24H22N2O2/c1-24(23(27)28)21(19-13-7-3-8-14-19)26(17-18-11-5-2-6-12-18)22(25-24)20-15-9-4-10-16-20/h2-16,21H,17H2,1H3,(H,27,28)/t21?,24-/m0/s1. The molecule has 1 unspecified atom stereocenters. The second-order valence-corrected chi connectivity index (χ2v) is 7.18. The third-order valence-corrected chi connectivity index (χ3v) is 5.23. The Bertz CT molecular complexity index is 987. The summed E-state index contributed by atoms with van der Waals surface area (Å²) in [5.41, 5.74) is 1.70. The van der Waals surface area contributed by atoms with Crippen molar-refractivity contribution in [1.82, 2.24) is 4.90 Å². The van der Waals surface area contributed by atoms with E-state index in [1.807, 2.05) is 78.9 Å². The summed E-state index contributed by atoms with van der Waals surface area (Å²) in [7, 11) is 0. The molecule has 1 N–H and O–H groups in total. The number of hydrogen-bond donors (Lipinski definition) is 1. The van der Waals surface area contributed by atoms with Crippen LogP contribution in [-0.4, -0.2) is 27.4 Å². The van der Waals surface area contributed by atoms with Crippen LogP contribution in [0.3, 0.4) is 0 Å². The Morgan fingerprint density at radius 2 is 1.46 bits per heavy atom. The summed E-state index contributed by atoms with van der Waals surface area (Å²) >= 11 is 0. The molecule has 3 aromatic carbocycles. The topological polar surface area (TPSA) is 52.9 Å². The molecule has 3 aromatic rings. The number of carboxylic acid groups (broad SMARTS) is 1. The first-order chi connectivity index (χ1) is 13.6. The summed E-state index contributed by atoms with van der Waals surface area (Å²) in [6, 6.07) is 29.3. The molecule has 0 spiro atoms. The van der Waals surface area contributed by atoms with Gasteiger partial charge in [0.2, 0.25) is 0 Å². The van der Waals surface area contributed by atoms with E-state index >= 15 is 0 Å². The molecule has 0 bridgehead atoms. The fourth-order valence-corrected chi connectivity index (χ4v) is 3.84. The number of aliphatic imine (C=N–C) groups is 1. The third-order valence-electron chi connectivity index (χ3n) is 5.23. The van der Waals surface area contributed by atoms with Gasteiger partial charge in [-0.25, -0.2) is 9.79 Å². The van der Waals surface area contributed by atoms with Gasteiger partial charge in [0.05, 0.1) is 6.04 Å². The van der Waals surface area contributed by atoms with E-state index < -0.39 is 17.6 Å². The number of amidine groups is 1. The van der Waals surface area contributed by atoms with Crippen molar-refractivity contribution in [3.8, 4) is 0 Å². The van der Waals surface area contributed by atoms with Gasteiger partial charge in [-0.15, -0.1) is 0 Å². The van der Waals surface area contributed by atoms with Crippen LogP contribution in [0.15, 0.2) is 96.0 Å². The Morgan fingerprint density at radius 3 is 2.04 bits per heavy atom. The second kappa shape index (κ2) is 7.31. The molecule has 0 aliphatic carbocycles. The van der Waals surface area contributed by atoms with Crippen molar-refractivity contribution in [2.24, 2.45) is 4.99 Å². The van der Waals surface area contributed by atoms with Gasteiger partial charge in [-0.2, -0.15) is 0 Å². The minimum absolute atomic E-state index is 0.401. The minimum atomic E-state index is -1.28. The van der Waals surface area contributed by atoms with Crippen LogP contribution >= 0.6 is 0 Å². The number of rotatable bonds is 5. The molecule has 2 atom stereocenters. The molecule has 1 heterocycles. The zero-order valence-electron chi connectivity index (χ0n) is 15.7. The molecule has 140 valence electrons. The maximum absolute atomic E-state index is 12.3. The molecular formula is C24H22N2O2. The summed E-state index contributed by atoms with van der Waals surface area (Å²) in [6.07, 6.45) is 0. The number of benzene rings is 3. The van der Waals surface area contributed by atoms with Crippen LogP contribution < -0.4 is 0 Å². The van der Waals surface area contributed by atoms with Gasteiger partial charge in [0, 0.05) is 12.1 Å². The predicted octanol–water partition coefficient (Wildman–Crippen LogP) is 4.53. The SMILES string of the molecule is C[C@]1(C(=O)O)N=C(c2ccccc2)N(Cc2ccccc2)C1c1ccccc1. The lowest BCUT2D eigenvalue weighted by Crippen LogP contribution is -2.43. The number of aliphatic carboxylic acids is 1. The highest BCUT2D eigenvalue weighted by molar-refractivity contribution is 6.03. The second-order valence-electron chi connectivity index (χ2n) is 7.18. The fraction of sp³-hybridized carbons (Fsp3) is 0.167. The average molecular weight is 370 g/mol. The van der Waals surface area contributed by atoms with Gasteiger partial charge in [-0.05, 0) is 18.1 Å². The quantitative estimate of drug-likeness (QED) is 0.718. The molecule has 0 aromatic heterocycles. The van der Waals surface area contributed by atoms with E-state index in [0.717, 1.165) is 16.7 Å². The Labute approximate surface area is 164 Å². The largest absolute Gasteiger partial charge is 0.479 e. The van der Waals surface area contributed by atoms with E-state index in [-0.39, 0.29) is 0 Å². The molecule has 4 nitrogen and oxygen atoms in total. The number of nitrogens with zero attached hydrogens (tertiary/aromatic N) is 2. The van der Waals surface area contributed by atoms with E-state index in [2.05, 4.69) is 17.0 Å². The maximum Gasteiger partial charge on any atom is 0.333 e. The van der Waals surface area contributed by atoms with Crippen molar-refractivity contribution in [1.29, 1.82) is 0 Å². The van der Waals surface area contributed by atoms with Crippen LogP contribution in [0.1, 0.15) is 29.7 Å². The van der Waals surface area contributed by atoms with Crippen molar-refractivity contribution in [2.45, 2.75) is 25.0 Å². The molecule has 0 amide bonds. The smallest absolute Gasteiger partial charge is 0.333 e. The van der Waals surface area contributed by atoms with E-state index in [1.54, 1.807) is 6.92 Å². The zero-order valence-corrected chi connectivity index (χ0v) is 15.7. The minimum Gasteiger partial charge on any atom is -0.479 e. The average Bonchev–Trinajstić information content (AvgIpc) is 3.03. The monoisotopic (exact) mass is 370 g/mol. The molecule has 4 heteroatoms. The lowest BCUT2D eigenvalue weighted by Gasteiger charge is -2.34. The van der Waals surface area contributed by atoms with Gasteiger partial charge in [-0.1, -0.05) is 91.0 Å². The van der Waals surface area contributed by atoms with Gasteiger partial charge < -0.3 is 10.0 Å². The summed E-state index contributed by atoms with van der Waals surface area (Å²) in [4.78, 5) is 19.2. The Hall–Kier alpha value is -3.40. The summed E-state index contributed by atoms with van der Waals surface area (Å²) in [5, 5.41) is 10.1. The first-order valence-electron chi connectivity index (χ1n) is 9.34. The van der Waals surface area contributed by atoms with Crippen LogP contribution in [0.25, 0.3) is 0 Å². The van der Waals surface area contributed by atoms with Gasteiger partial charge in [0.1, 0.15) is 5.84 Å². The summed E-state index contributed by atoms with van der Waals surface area (Å²) < 4.78 is 0. The first-order valence-corrected chi connectivity index (χ1v) is 9.34. The molecule has 1 aliphatic heterocycles. The zero-order chi connectivity index (χ0) is 19.6. The van der Waals surface area contributed by atoms with Crippen molar-refractivity contribution in [3.63, 3.8) is 0 Å². The van der Waals surface area contributed by atoms with Crippen LogP contribution in [0.2, 0.25) is 0 Å². The summed E-state index contributed by atoms with van der Waals surface area (Å²) in [6.45, 7) is 2.29. The van der Waals surface area contributed by atoms with E-state index in [1.165, 1.54) is 0 Å². The van der Waals surface area contributed by atoms with Crippen molar-refractivity contribution >= 4 is 11.8 Å². The molecule has 0 fully saturated rings. The van der Waals surface area contributed by atoms with Gasteiger partial charge in [0.25, 0.3) is 0 Å². The third kappa shape index (κ3) is 3.18.